The summed E-state index contributed by atoms with van der Waals surface area (Å²) in [5.41, 5.74) is 0.220. The van der Waals surface area contributed by atoms with E-state index in [2.05, 4.69) is 5.32 Å². The minimum Gasteiger partial charge on any atom is -0.491 e. The van der Waals surface area contributed by atoms with E-state index in [4.69, 9.17) is 33.2 Å². The molecule has 0 fully saturated rings. The van der Waals surface area contributed by atoms with Gasteiger partial charge in [0.15, 0.2) is 0 Å². The van der Waals surface area contributed by atoms with E-state index in [0.717, 1.165) is 5.69 Å². The Balaban J connectivity index is 1.80. The third-order valence-electron chi connectivity index (χ3n) is 3.80. The molecule has 0 aromatic heterocycles. The fourth-order valence-corrected chi connectivity index (χ4v) is 2.46. The van der Waals surface area contributed by atoms with Gasteiger partial charge in [-0.15, -0.1) is 0 Å². The summed E-state index contributed by atoms with van der Waals surface area (Å²) in [5.74, 6) is 0.213. The van der Waals surface area contributed by atoms with Gasteiger partial charge in [-0.1, -0.05) is 0 Å². The lowest BCUT2D eigenvalue weighted by Crippen LogP contribution is -2.27. The molecule has 0 spiro atoms. The molecule has 0 saturated heterocycles. The second-order valence-electron chi connectivity index (χ2n) is 8.14. The van der Waals surface area contributed by atoms with Gasteiger partial charge in [0, 0.05) is 12.6 Å². The molecular formula is C24H39NO9. The van der Waals surface area contributed by atoms with Gasteiger partial charge in [-0.25, -0.2) is 4.79 Å². The summed E-state index contributed by atoms with van der Waals surface area (Å²) in [6.45, 7) is 11.2. The third kappa shape index (κ3) is 18.2. The van der Waals surface area contributed by atoms with E-state index in [1.807, 2.05) is 20.8 Å². The highest BCUT2D eigenvalue weighted by molar-refractivity contribution is 5.88. The van der Waals surface area contributed by atoms with Crippen molar-refractivity contribution in [2.24, 2.45) is 0 Å². The van der Waals surface area contributed by atoms with Crippen LogP contribution in [0.3, 0.4) is 0 Å². The Bertz CT molecular complexity index is 674. The molecule has 0 aliphatic heterocycles. The fourth-order valence-electron chi connectivity index (χ4n) is 2.46. The highest BCUT2D eigenvalue weighted by atomic mass is 16.6. The molecule has 10 nitrogen and oxygen atoms in total. The van der Waals surface area contributed by atoms with Crippen molar-refractivity contribution in [2.45, 2.75) is 33.3 Å². The van der Waals surface area contributed by atoms with E-state index in [-0.39, 0.29) is 18.5 Å². The van der Waals surface area contributed by atoms with Crippen LogP contribution in [-0.2, 0) is 38.0 Å². The first-order chi connectivity index (χ1) is 16.3. The van der Waals surface area contributed by atoms with Crippen molar-refractivity contribution < 1.29 is 42.7 Å². The number of carbonyl (C=O) groups is 2. The number of amides is 1. The highest BCUT2D eigenvalue weighted by Gasteiger charge is 2.15. The molecular weight excluding hydrogens is 446 g/mol. The van der Waals surface area contributed by atoms with Crippen LogP contribution in [0.4, 0.5) is 5.69 Å². The Morgan fingerprint density at radius 2 is 1.15 bits per heavy atom. The third-order valence-corrected chi connectivity index (χ3v) is 3.80. The number of hydrogen-bond donors (Lipinski definition) is 1. The number of anilines is 1. The first-order valence-electron chi connectivity index (χ1n) is 11.4. The van der Waals surface area contributed by atoms with Gasteiger partial charge in [0.25, 0.3) is 0 Å². The molecule has 0 aliphatic rings. The SMILES string of the molecule is CC(=O)Nc1ccc(OCCOCCOCCOCCOCCOCC(=O)OC(C)(C)C)cc1. The summed E-state index contributed by atoms with van der Waals surface area (Å²) in [6, 6.07) is 7.15. The Morgan fingerprint density at radius 3 is 1.59 bits per heavy atom. The Hall–Kier alpha value is -2.24. The van der Waals surface area contributed by atoms with Crippen LogP contribution in [-0.4, -0.2) is 90.2 Å². The number of hydrogen-bond acceptors (Lipinski definition) is 9. The van der Waals surface area contributed by atoms with Crippen molar-refractivity contribution in [3.8, 4) is 5.75 Å². The standard InChI is InChI=1S/C24H39NO9/c1-20(26)25-21-5-7-22(8-6-21)33-18-17-31-14-13-29-10-9-28-11-12-30-15-16-32-19-23(27)34-24(2,3)4/h5-8H,9-19H2,1-4H3,(H,25,26). The summed E-state index contributed by atoms with van der Waals surface area (Å²) in [5, 5.41) is 2.70. The van der Waals surface area contributed by atoms with E-state index in [9.17, 15) is 9.59 Å². The lowest BCUT2D eigenvalue weighted by molar-refractivity contribution is -0.160. The predicted octanol–water partition coefficient (Wildman–Crippen LogP) is 2.45. The van der Waals surface area contributed by atoms with Gasteiger partial charge in [-0.2, -0.15) is 0 Å². The zero-order valence-electron chi connectivity index (χ0n) is 20.8. The van der Waals surface area contributed by atoms with Crippen LogP contribution < -0.4 is 10.1 Å². The van der Waals surface area contributed by atoms with E-state index < -0.39 is 5.60 Å². The zero-order chi connectivity index (χ0) is 25.1. The van der Waals surface area contributed by atoms with Crippen LogP contribution in [0.1, 0.15) is 27.7 Å². The topological polar surface area (TPSA) is 111 Å². The largest absolute Gasteiger partial charge is 0.491 e. The Morgan fingerprint density at radius 1 is 0.706 bits per heavy atom. The van der Waals surface area contributed by atoms with Crippen LogP contribution in [0.15, 0.2) is 24.3 Å². The Labute approximate surface area is 202 Å². The van der Waals surface area contributed by atoms with Crippen molar-refractivity contribution >= 4 is 17.6 Å². The maximum atomic E-state index is 11.5. The molecule has 1 rings (SSSR count). The van der Waals surface area contributed by atoms with Gasteiger partial charge >= 0.3 is 5.97 Å². The number of nitrogens with one attached hydrogen (secondary N) is 1. The normalized spacial score (nSPS) is 11.3. The molecule has 0 bridgehead atoms. The summed E-state index contributed by atoms with van der Waals surface area (Å²) in [4.78, 5) is 22.4. The highest BCUT2D eigenvalue weighted by Crippen LogP contribution is 2.15. The van der Waals surface area contributed by atoms with E-state index in [1.165, 1.54) is 6.92 Å². The van der Waals surface area contributed by atoms with Crippen molar-refractivity contribution in [1.82, 2.24) is 0 Å². The second-order valence-corrected chi connectivity index (χ2v) is 8.14. The molecule has 0 radical (unpaired) electrons. The smallest absolute Gasteiger partial charge is 0.332 e. The summed E-state index contributed by atoms with van der Waals surface area (Å²) in [7, 11) is 0. The summed E-state index contributed by atoms with van der Waals surface area (Å²) >= 11 is 0. The fraction of sp³-hybridized carbons (Fsp3) is 0.667. The first-order valence-corrected chi connectivity index (χ1v) is 11.4. The predicted molar refractivity (Wildman–Crippen MR) is 126 cm³/mol. The molecule has 1 N–H and O–H groups in total. The van der Waals surface area contributed by atoms with Crippen LogP contribution in [0, 0.1) is 0 Å². The van der Waals surface area contributed by atoms with Crippen LogP contribution in [0.5, 0.6) is 5.75 Å². The molecule has 1 aromatic rings. The molecule has 34 heavy (non-hydrogen) atoms. The molecule has 0 aliphatic carbocycles. The lowest BCUT2D eigenvalue weighted by atomic mass is 10.2. The molecule has 0 saturated carbocycles. The molecule has 0 unspecified atom stereocenters. The first kappa shape index (κ1) is 29.8. The maximum Gasteiger partial charge on any atom is 0.332 e. The van der Waals surface area contributed by atoms with Gasteiger partial charge < -0.3 is 38.5 Å². The van der Waals surface area contributed by atoms with Gasteiger partial charge in [0.1, 0.15) is 24.6 Å². The number of ether oxygens (including phenoxy) is 7. The van der Waals surface area contributed by atoms with Crippen molar-refractivity contribution in [3.63, 3.8) is 0 Å². The lowest BCUT2D eigenvalue weighted by Gasteiger charge is -2.19. The minimum atomic E-state index is -0.508. The number of rotatable bonds is 19. The molecule has 0 heterocycles. The summed E-state index contributed by atoms with van der Waals surface area (Å²) in [6.07, 6.45) is 0. The molecule has 0 atom stereocenters. The molecule has 10 heteroatoms. The number of carbonyl (C=O) groups excluding carboxylic acids is 2. The minimum absolute atomic E-state index is 0.0832. The van der Waals surface area contributed by atoms with Gasteiger partial charge in [-0.3, -0.25) is 4.79 Å². The number of esters is 1. The monoisotopic (exact) mass is 485 g/mol. The molecule has 1 amide bonds. The quantitative estimate of drug-likeness (QED) is 0.233. The van der Waals surface area contributed by atoms with Crippen molar-refractivity contribution in [2.75, 3.05) is 78.0 Å². The van der Waals surface area contributed by atoms with Crippen LogP contribution in [0.25, 0.3) is 0 Å². The van der Waals surface area contributed by atoms with Gasteiger partial charge in [0.2, 0.25) is 5.91 Å². The molecule has 1 aromatic carbocycles. The van der Waals surface area contributed by atoms with E-state index in [1.54, 1.807) is 24.3 Å². The number of benzene rings is 1. The van der Waals surface area contributed by atoms with Crippen LogP contribution >= 0.6 is 0 Å². The van der Waals surface area contributed by atoms with E-state index >= 15 is 0 Å². The van der Waals surface area contributed by atoms with Crippen molar-refractivity contribution in [3.05, 3.63) is 24.3 Å². The second kappa shape index (κ2) is 18.1. The van der Waals surface area contributed by atoms with Crippen LogP contribution in [0.2, 0.25) is 0 Å². The van der Waals surface area contributed by atoms with Gasteiger partial charge in [-0.05, 0) is 45.0 Å². The zero-order valence-corrected chi connectivity index (χ0v) is 20.8. The van der Waals surface area contributed by atoms with Gasteiger partial charge in [0.05, 0.1) is 59.5 Å². The average molecular weight is 486 g/mol. The van der Waals surface area contributed by atoms with E-state index in [0.29, 0.717) is 71.8 Å². The Kier molecular flexibility index (Phi) is 15.9. The summed E-state index contributed by atoms with van der Waals surface area (Å²) < 4.78 is 37.5. The van der Waals surface area contributed by atoms with Crippen molar-refractivity contribution in [1.29, 1.82) is 0 Å². The molecule has 194 valence electrons. The average Bonchev–Trinajstić information content (AvgIpc) is 2.75. The maximum absolute atomic E-state index is 11.5.